The summed E-state index contributed by atoms with van der Waals surface area (Å²) >= 11 is 0. The largest absolute Gasteiger partial charge is 0.383 e. The van der Waals surface area contributed by atoms with Gasteiger partial charge >= 0.3 is 0 Å². The SMILES string of the molecule is Cc1cncc2nc(-c3ccncc3)nc(N)c12. The number of aryl methyl sites for hydroxylation is 1. The van der Waals surface area contributed by atoms with Crippen molar-refractivity contribution in [3.8, 4) is 11.4 Å². The zero-order valence-electron chi connectivity index (χ0n) is 9.83. The number of pyridine rings is 2. The molecule has 0 aliphatic rings. The molecule has 0 saturated carbocycles. The Morgan fingerprint density at radius 3 is 2.56 bits per heavy atom. The van der Waals surface area contributed by atoms with Crippen LogP contribution in [-0.4, -0.2) is 19.9 Å². The molecule has 0 bridgehead atoms. The molecule has 0 amide bonds. The average molecular weight is 237 g/mol. The Morgan fingerprint density at radius 1 is 1.00 bits per heavy atom. The van der Waals surface area contributed by atoms with E-state index in [-0.39, 0.29) is 0 Å². The first-order valence-electron chi connectivity index (χ1n) is 5.54. The molecular weight excluding hydrogens is 226 g/mol. The fourth-order valence-electron chi connectivity index (χ4n) is 1.91. The van der Waals surface area contributed by atoms with Gasteiger partial charge < -0.3 is 5.73 Å². The van der Waals surface area contributed by atoms with Crippen LogP contribution in [0.4, 0.5) is 5.82 Å². The zero-order chi connectivity index (χ0) is 12.5. The number of hydrogen-bond donors (Lipinski definition) is 1. The van der Waals surface area contributed by atoms with E-state index in [1.54, 1.807) is 24.8 Å². The fraction of sp³-hybridized carbons (Fsp3) is 0.0769. The highest BCUT2D eigenvalue weighted by Crippen LogP contribution is 2.24. The molecule has 3 heterocycles. The van der Waals surface area contributed by atoms with E-state index in [1.807, 2.05) is 19.1 Å². The van der Waals surface area contributed by atoms with Gasteiger partial charge in [-0.15, -0.1) is 0 Å². The summed E-state index contributed by atoms with van der Waals surface area (Å²) in [5.74, 6) is 1.07. The van der Waals surface area contributed by atoms with Crippen molar-refractivity contribution in [3.63, 3.8) is 0 Å². The lowest BCUT2D eigenvalue weighted by Gasteiger charge is -2.06. The van der Waals surface area contributed by atoms with Gasteiger partial charge in [0.05, 0.1) is 11.7 Å². The maximum atomic E-state index is 6.00. The lowest BCUT2D eigenvalue weighted by Crippen LogP contribution is -1.99. The lowest BCUT2D eigenvalue weighted by atomic mass is 10.1. The lowest BCUT2D eigenvalue weighted by molar-refractivity contribution is 1.19. The molecule has 18 heavy (non-hydrogen) atoms. The van der Waals surface area contributed by atoms with Crippen molar-refractivity contribution in [2.24, 2.45) is 0 Å². The Bertz CT molecular complexity index is 709. The van der Waals surface area contributed by atoms with Crippen molar-refractivity contribution in [1.29, 1.82) is 0 Å². The van der Waals surface area contributed by atoms with Gasteiger partial charge in [-0.25, -0.2) is 9.97 Å². The third kappa shape index (κ3) is 1.66. The molecule has 0 fully saturated rings. The van der Waals surface area contributed by atoms with Crippen molar-refractivity contribution in [2.75, 3.05) is 5.73 Å². The first-order valence-corrected chi connectivity index (χ1v) is 5.54. The monoisotopic (exact) mass is 237 g/mol. The Morgan fingerprint density at radius 2 is 1.78 bits per heavy atom. The summed E-state index contributed by atoms with van der Waals surface area (Å²) in [6.45, 7) is 1.95. The minimum atomic E-state index is 0.478. The number of nitrogens with zero attached hydrogens (tertiary/aromatic N) is 4. The highest BCUT2D eigenvalue weighted by atomic mass is 15.0. The molecule has 5 heteroatoms. The van der Waals surface area contributed by atoms with Gasteiger partial charge in [-0.2, -0.15) is 0 Å². The molecule has 0 unspecified atom stereocenters. The first kappa shape index (κ1) is 10.6. The number of fused-ring (bicyclic) bond motifs is 1. The number of hydrogen-bond acceptors (Lipinski definition) is 5. The second-order valence-corrected chi connectivity index (χ2v) is 4.02. The molecule has 0 aliphatic heterocycles. The predicted molar refractivity (Wildman–Crippen MR) is 69.7 cm³/mol. The highest BCUT2D eigenvalue weighted by molar-refractivity contribution is 5.91. The number of rotatable bonds is 1. The number of aromatic nitrogens is 4. The van der Waals surface area contributed by atoms with Crippen molar-refractivity contribution < 1.29 is 0 Å². The summed E-state index contributed by atoms with van der Waals surface area (Å²) in [7, 11) is 0. The summed E-state index contributed by atoms with van der Waals surface area (Å²) < 4.78 is 0. The summed E-state index contributed by atoms with van der Waals surface area (Å²) in [6, 6.07) is 3.70. The first-order chi connectivity index (χ1) is 8.75. The van der Waals surface area contributed by atoms with Gasteiger partial charge in [0.2, 0.25) is 0 Å². The van der Waals surface area contributed by atoms with Crippen molar-refractivity contribution in [2.45, 2.75) is 6.92 Å². The third-order valence-electron chi connectivity index (χ3n) is 2.76. The number of nitrogens with two attached hydrogens (primary N) is 1. The van der Waals surface area contributed by atoms with Gasteiger partial charge in [0, 0.05) is 29.5 Å². The van der Waals surface area contributed by atoms with Crippen molar-refractivity contribution in [1.82, 2.24) is 19.9 Å². The van der Waals surface area contributed by atoms with Crippen LogP contribution in [0, 0.1) is 6.92 Å². The van der Waals surface area contributed by atoms with Gasteiger partial charge in [-0.1, -0.05) is 0 Å². The van der Waals surface area contributed by atoms with E-state index in [1.165, 1.54) is 0 Å². The Hall–Kier alpha value is -2.56. The van der Waals surface area contributed by atoms with Crippen LogP contribution in [0.2, 0.25) is 0 Å². The molecule has 3 aromatic heterocycles. The van der Waals surface area contributed by atoms with E-state index < -0.39 is 0 Å². The Labute approximate surface area is 104 Å². The van der Waals surface area contributed by atoms with Crippen LogP contribution in [0.3, 0.4) is 0 Å². The number of nitrogen functional groups attached to an aromatic ring is 1. The van der Waals surface area contributed by atoms with Gasteiger partial charge in [0.1, 0.15) is 5.82 Å². The molecule has 2 N–H and O–H groups in total. The Kier molecular flexibility index (Phi) is 2.37. The van der Waals surface area contributed by atoms with Crippen molar-refractivity contribution in [3.05, 3.63) is 42.5 Å². The summed E-state index contributed by atoms with van der Waals surface area (Å²) in [4.78, 5) is 16.9. The second-order valence-electron chi connectivity index (χ2n) is 4.02. The molecule has 0 spiro atoms. The van der Waals surface area contributed by atoms with Crippen LogP contribution >= 0.6 is 0 Å². The smallest absolute Gasteiger partial charge is 0.162 e. The summed E-state index contributed by atoms with van der Waals surface area (Å²) in [5.41, 5.74) is 8.63. The van der Waals surface area contributed by atoms with Crippen LogP contribution in [-0.2, 0) is 0 Å². The molecule has 5 nitrogen and oxygen atoms in total. The van der Waals surface area contributed by atoms with E-state index in [4.69, 9.17) is 5.73 Å². The second kappa shape index (κ2) is 4.03. The molecule has 0 aromatic carbocycles. The molecular formula is C13H11N5. The topological polar surface area (TPSA) is 77.6 Å². The quantitative estimate of drug-likeness (QED) is 0.700. The molecule has 0 saturated heterocycles. The van der Waals surface area contributed by atoms with Crippen LogP contribution in [0.1, 0.15) is 5.56 Å². The maximum Gasteiger partial charge on any atom is 0.162 e. The third-order valence-corrected chi connectivity index (χ3v) is 2.76. The molecule has 0 aliphatic carbocycles. The number of anilines is 1. The zero-order valence-corrected chi connectivity index (χ0v) is 9.83. The average Bonchev–Trinajstić information content (AvgIpc) is 2.39. The van der Waals surface area contributed by atoms with E-state index in [9.17, 15) is 0 Å². The van der Waals surface area contributed by atoms with E-state index in [0.29, 0.717) is 11.6 Å². The van der Waals surface area contributed by atoms with Gasteiger partial charge in [0.25, 0.3) is 0 Å². The van der Waals surface area contributed by atoms with E-state index in [0.717, 1.165) is 22.0 Å². The van der Waals surface area contributed by atoms with Gasteiger partial charge in [-0.05, 0) is 24.6 Å². The van der Waals surface area contributed by atoms with Crippen LogP contribution in [0.5, 0.6) is 0 Å². The molecule has 3 rings (SSSR count). The maximum absolute atomic E-state index is 6.00. The van der Waals surface area contributed by atoms with Gasteiger partial charge in [0.15, 0.2) is 5.82 Å². The van der Waals surface area contributed by atoms with Crippen LogP contribution in [0.25, 0.3) is 22.3 Å². The standard InChI is InChI=1S/C13H11N5/c1-8-6-16-7-10-11(8)12(14)18-13(17-10)9-2-4-15-5-3-9/h2-7H,1H3,(H2,14,17,18). The highest BCUT2D eigenvalue weighted by Gasteiger charge is 2.09. The van der Waals surface area contributed by atoms with Gasteiger partial charge in [-0.3, -0.25) is 9.97 Å². The summed E-state index contributed by atoms with van der Waals surface area (Å²) in [6.07, 6.45) is 6.86. The Balaban J connectivity index is 2.29. The normalized spacial score (nSPS) is 10.7. The van der Waals surface area contributed by atoms with E-state index in [2.05, 4.69) is 19.9 Å². The molecule has 0 radical (unpaired) electrons. The summed E-state index contributed by atoms with van der Waals surface area (Å²) in [5, 5.41) is 0.864. The van der Waals surface area contributed by atoms with Crippen LogP contribution < -0.4 is 5.73 Å². The fourth-order valence-corrected chi connectivity index (χ4v) is 1.91. The molecule has 88 valence electrons. The van der Waals surface area contributed by atoms with Crippen LogP contribution in [0.15, 0.2) is 36.9 Å². The minimum absolute atomic E-state index is 0.478. The predicted octanol–water partition coefficient (Wildman–Crippen LogP) is 1.98. The van der Waals surface area contributed by atoms with Crippen molar-refractivity contribution >= 4 is 16.7 Å². The molecule has 3 aromatic rings. The minimum Gasteiger partial charge on any atom is -0.383 e. The molecule has 0 atom stereocenters. The van der Waals surface area contributed by atoms with E-state index >= 15 is 0 Å².